The number of nitriles is 1. The monoisotopic (exact) mass is 428 g/mol. The number of hydrogen-bond donors (Lipinski definition) is 1. The van der Waals surface area contributed by atoms with Gasteiger partial charge in [-0.15, -0.1) is 0 Å². The summed E-state index contributed by atoms with van der Waals surface area (Å²) in [6, 6.07) is 18.1. The number of rotatable bonds is 6. The highest BCUT2D eigenvalue weighted by molar-refractivity contribution is 5.93. The topological polar surface area (TPSA) is 71.4 Å². The summed E-state index contributed by atoms with van der Waals surface area (Å²) in [5.74, 6) is -0.0976. The summed E-state index contributed by atoms with van der Waals surface area (Å²) < 4.78 is 11.2. The van der Waals surface area contributed by atoms with Crippen LogP contribution in [0.1, 0.15) is 49.3 Å². The molecule has 0 bridgehead atoms. The standard InChI is InChI=1S/C27H28N2O3/c1-18-24(17-28)26(23-14-8-10-20-9-6-7-13-22(20)23)25(19(2)29-18)27(30)32-16-15-31-21-11-4-3-5-12-21/h3-5,8,10-12,14,26,29H,6-7,9,13,15-16H2,1-2H3. The average molecular weight is 429 g/mol. The first-order chi connectivity index (χ1) is 15.6. The summed E-state index contributed by atoms with van der Waals surface area (Å²) in [4.78, 5) is 13.2. The minimum absolute atomic E-state index is 0.134. The predicted octanol–water partition coefficient (Wildman–Crippen LogP) is 4.95. The zero-order valence-corrected chi connectivity index (χ0v) is 18.6. The van der Waals surface area contributed by atoms with Gasteiger partial charge in [-0.2, -0.15) is 5.26 Å². The molecule has 4 rings (SSSR count). The van der Waals surface area contributed by atoms with Crippen LogP contribution in [0.25, 0.3) is 0 Å². The number of nitrogens with one attached hydrogen (secondary N) is 1. The maximum Gasteiger partial charge on any atom is 0.336 e. The number of nitrogens with zero attached hydrogens (tertiary/aromatic N) is 1. The number of aryl methyl sites for hydroxylation is 1. The van der Waals surface area contributed by atoms with E-state index in [1.165, 1.54) is 17.5 Å². The Hall–Kier alpha value is -3.52. The third-order valence-corrected chi connectivity index (χ3v) is 6.17. The van der Waals surface area contributed by atoms with Crippen molar-refractivity contribution in [3.63, 3.8) is 0 Å². The summed E-state index contributed by atoms with van der Waals surface area (Å²) in [5.41, 5.74) is 6.24. The fraction of sp³-hybridized carbons (Fsp3) is 0.333. The van der Waals surface area contributed by atoms with Gasteiger partial charge >= 0.3 is 5.97 Å². The Labute approximate surface area is 189 Å². The van der Waals surface area contributed by atoms with E-state index in [0.29, 0.717) is 11.1 Å². The second-order valence-electron chi connectivity index (χ2n) is 8.24. The van der Waals surface area contributed by atoms with Crippen LogP contribution in [0.2, 0.25) is 0 Å². The van der Waals surface area contributed by atoms with Crippen LogP contribution in [0.5, 0.6) is 5.75 Å². The molecule has 2 aromatic rings. The number of fused-ring (bicyclic) bond motifs is 1. The number of carbonyl (C=O) groups excluding carboxylic acids is 1. The lowest BCUT2D eigenvalue weighted by Crippen LogP contribution is -2.30. The normalized spacial score (nSPS) is 17.8. The van der Waals surface area contributed by atoms with E-state index >= 15 is 0 Å². The fourth-order valence-corrected chi connectivity index (χ4v) is 4.69. The Morgan fingerprint density at radius 2 is 1.81 bits per heavy atom. The first kappa shape index (κ1) is 21.7. The molecule has 2 aliphatic rings. The summed E-state index contributed by atoms with van der Waals surface area (Å²) in [5, 5.41) is 13.2. The second-order valence-corrected chi connectivity index (χ2v) is 8.24. The third-order valence-electron chi connectivity index (χ3n) is 6.17. The van der Waals surface area contributed by atoms with Crippen LogP contribution in [0, 0.1) is 11.3 Å². The van der Waals surface area contributed by atoms with Gasteiger partial charge in [-0.25, -0.2) is 4.79 Å². The number of dihydropyridines is 1. The minimum atomic E-state index is -0.420. The van der Waals surface area contributed by atoms with Gasteiger partial charge in [0, 0.05) is 11.4 Å². The molecule has 0 spiro atoms. The SMILES string of the molecule is CC1=C(C#N)C(c2cccc3c2CCCC3)C(C(=O)OCCOc2ccccc2)=C(C)N1. The van der Waals surface area contributed by atoms with Crippen molar-refractivity contribution in [3.8, 4) is 11.8 Å². The van der Waals surface area contributed by atoms with Crippen molar-refractivity contribution in [3.05, 3.63) is 87.8 Å². The van der Waals surface area contributed by atoms with E-state index in [1.54, 1.807) is 0 Å². The maximum absolute atomic E-state index is 13.2. The number of carbonyl (C=O) groups is 1. The first-order valence-electron chi connectivity index (χ1n) is 11.1. The van der Waals surface area contributed by atoms with E-state index in [9.17, 15) is 10.1 Å². The van der Waals surface area contributed by atoms with Crippen molar-refractivity contribution in [2.45, 2.75) is 45.4 Å². The molecule has 1 atom stereocenters. The highest BCUT2D eigenvalue weighted by Gasteiger charge is 2.36. The van der Waals surface area contributed by atoms with Crippen molar-refractivity contribution in [2.24, 2.45) is 0 Å². The molecule has 1 heterocycles. The van der Waals surface area contributed by atoms with Gasteiger partial charge in [0.05, 0.1) is 23.1 Å². The number of benzene rings is 2. The van der Waals surface area contributed by atoms with E-state index in [4.69, 9.17) is 9.47 Å². The molecular formula is C27H28N2O3. The lowest BCUT2D eigenvalue weighted by Gasteiger charge is -2.31. The van der Waals surface area contributed by atoms with E-state index < -0.39 is 11.9 Å². The number of hydrogen-bond acceptors (Lipinski definition) is 5. The maximum atomic E-state index is 13.2. The van der Waals surface area contributed by atoms with Crippen molar-refractivity contribution in [1.29, 1.82) is 5.26 Å². The Morgan fingerprint density at radius 3 is 2.59 bits per heavy atom. The molecule has 5 nitrogen and oxygen atoms in total. The van der Waals surface area contributed by atoms with Gasteiger partial charge < -0.3 is 14.8 Å². The second kappa shape index (κ2) is 9.74. The van der Waals surface area contributed by atoms with E-state index in [0.717, 1.165) is 42.0 Å². The van der Waals surface area contributed by atoms with Gasteiger partial charge in [0.15, 0.2) is 0 Å². The van der Waals surface area contributed by atoms with Crippen LogP contribution in [0.3, 0.4) is 0 Å². The molecule has 0 saturated heterocycles. The zero-order valence-electron chi connectivity index (χ0n) is 18.6. The van der Waals surface area contributed by atoms with E-state index in [1.807, 2.05) is 50.2 Å². The Balaban J connectivity index is 1.59. The van der Waals surface area contributed by atoms with Crippen LogP contribution in [0.4, 0.5) is 0 Å². The first-order valence-corrected chi connectivity index (χ1v) is 11.1. The Kier molecular flexibility index (Phi) is 6.61. The largest absolute Gasteiger partial charge is 0.490 e. The van der Waals surface area contributed by atoms with Gasteiger partial charge in [0.1, 0.15) is 19.0 Å². The van der Waals surface area contributed by atoms with Crippen LogP contribution >= 0.6 is 0 Å². The molecule has 1 aliphatic carbocycles. The summed E-state index contributed by atoms with van der Waals surface area (Å²) in [6.07, 6.45) is 4.31. The van der Waals surface area contributed by atoms with Crippen LogP contribution in [0.15, 0.2) is 71.1 Å². The number of ether oxygens (including phenoxy) is 2. The van der Waals surface area contributed by atoms with Gasteiger partial charge in [-0.05, 0) is 68.4 Å². The Morgan fingerprint density at radius 1 is 1.03 bits per heavy atom. The molecule has 0 amide bonds. The lowest BCUT2D eigenvalue weighted by atomic mass is 9.76. The smallest absolute Gasteiger partial charge is 0.336 e. The van der Waals surface area contributed by atoms with Crippen molar-refractivity contribution in [1.82, 2.24) is 5.32 Å². The molecule has 1 N–H and O–H groups in total. The highest BCUT2D eigenvalue weighted by atomic mass is 16.6. The van der Waals surface area contributed by atoms with Crippen LogP contribution in [-0.2, 0) is 22.4 Å². The van der Waals surface area contributed by atoms with Crippen LogP contribution in [-0.4, -0.2) is 19.2 Å². The molecule has 0 radical (unpaired) electrons. The van der Waals surface area contributed by atoms with E-state index in [-0.39, 0.29) is 13.2 Å². The number of allylic oxidation sites excluding steroid dienone is 3. The van der Waals surface area contributed by atoms with Crippen molar-refractivity contribution >= 4 is 5.97 Å². The molecule has 2 aromatic carbocycles. The Bertz CT molecular complexity index is 1110. The van der Waals surface area contributed by atoms with Crippen molar-refractivity contribution < 1.29 is 14.3 Å². The molecular weight excluding hydrogens is 400 g/mol. The molecule has 32 heavy (non-hydrogen) atoms. The fourth-order valence-electron chi connectivity index (χ4n) is 4.69. The highest BCUT2D eigenvalue weighted by Crippen LogP contribution is 2.41. The molecule has 0 aromatic heterocycles. The number of para-hydroxylation sites is 1. The molecule has 0 fully saturated rings. The molecule has 5 heteroatoms. The predicted molar refractivity (Wildman–Crippen MR) is 123 cm³/mol. The molecule has 1 unspecified atom stereocenters. The quantitative estimate of drug-likeness (QED) is 0.521. The summed E-state index contributed by atoms with van der Waals surface area (Å²) >= 11 is 0. The summed E-state index contributed by atoms with van der Waals surface area (Å²) in [7, 11) is 0. The van der Waals surface area contributed by atoms with Gasteiger partial charge in [-0.3, -0.25) is 0 Å². The number of esters is 1. The lowest BCUT2D eigenvalue weighted by molar-refractivity contribution is -0.140. The summed E-state index contributed by atoms with van der Waals surface area (Å²) in [6.45, 7) is 4.16. The van der Waals surface area contributed by atoms with E-state index in [2.05, 4.69) is 23.5 Å². The van der Waals surface area contributed by atoms with Crippen LogP contribution < -0.4 is 10.1 Å². The van der Waals surface area contributed by atoms with Gasteiger partial charge in [0.25, 0.3) is 0 Å². The minimum Gasteiger partial charge on any atom is -0.490 e. The molecule has 164 valence electrons. The molecule has 0 saturated carbocycles. The zero-order chi connectivity index (χ0) is 22.5. The third kappa shape index (κ3) is 4.40. The average Bonchev–Trinajstić information content (AvgIpc) is 2.81. The van der Waals surface area contributed by atoms with Gasteiger partial charge in [0.2, 0.25) is 0 Å². The van der Waals surface area contributed by atoms with Crippen molar-refractivity contribution in [2.75, 3.05) is 13.2 Å². The van der Waals surface area contributed by atoms with Gasteiger partial charge in [-0.1, -0.05) is 36.4 Å². The molecule has 1 aliphatic heterocycles.